The van der Waals surface area contributed by atoms with Gasteiger partial charge in [0.25, 0.3) is 0 Å². The molecule has 0 spiro atoms. The van der Waals surface area contributed by atoms with Crippen molar-refractivity contribution in [2.24, 2.45) is 0 Å². The van der Waals surface area contributed by atoms with Gasteiger partial charge < -0.3 is 5.32 Å². The fourth-order valence-electron chi connectivity index (χ4n) is 5.23. The molecule has 2 N–H and O–H groups in total. The molecule has 3 aliphatic rings. The van der Waals surface area contributed by atoms with Crippen molar-refractivity contribution >= 4 is 21.7 Å². The largest absolute Gasteiger partial charge is 0.332 e. The number of rotatable bonds is 7. The van der Waals surface area contributed by atoms with Crippen LogP contribution in [0, 0.1) is 0 Å². The van der Waals surface area contributed by atoms with Crippen molar-refractivity contribution in [3.8, 4) is 0 Å². The van der Waals surface area contributed by atoms with Crippen LogP contribution in [0.2, 0.25) is 0 Å². The van der Waals surface area contributed by atoms with Crippen molar-refractivity contribution in [3.05, 3.63) is 28.3 Å². The Morgan fingerprint density at radius 1 is 1.04 bits per heavy atom. The van der Waals surface area contributed by atoms with Gasteiger partial charge in [-0.15, -0.1) is 0 Å². The lowest BCUT2D eigenvalue weighted by Crippen LogP contribution is -2.47. The van der Waals surface area contributed by atoms with E-state index in [-0.39, 0.29) is 11.3 Å². The number of hydrogen-bond donors (Lipinski definition) is 2. The van der Waals surface area contributed by atoms with Crippen LogP contribution in [0.1, 0.15) is 61.8 Å². The van der Waals surface area contributed by atoms with Gasteiger partial charge in [0, 0.05) is 11.2 Å². The van der Waals surface area contributed by atoms with Gasteiger partial charge in [0.15, 0.2) is 0 Å². The lowest BCUT2D eigenvalue weighted by molar-refractivity contribution is 0.214. The van der Waals surface area contributed by atoms with E-state index in [0.29, 0.717) is 0 Å². The molecule has 0 radical (unpaired) electrons. The maximum Gasteiger partial charge on any atom is 0.332 e. The smallest absolute Gasteiger partial charge is 0.307 e. The number of sulfonamides is 1. The summed E-state index contributed by atoms with van der Waals surface area (Å²) in [7, 11) is -3.69. The van der Waals surface area contributed by atoms with E-state index >= 15 is 0 Å². The van der Waals surface area contributed by atoms with E-state index in [0.717, 1.165) is 70.1 Å². The summed E-state index contributed by atoms with van der Waals surface area (Å²) in [6.07, 6.45) is 7.94. The molecule has 4 rings (SSSR count). The van der Waals surface area contributed by atoms with E-state index in [1.807, 2.05) is 13.8 Å². The number of urea groups is 1. The first-order valence-electron chi connectivity index (χ1n) is 10.6. The van der Waals surface area contributed by atoms with E-state index in [1.165, 1.54) is 22.3 Å². The summed E-state index contributed by atoms with van der Waals surface area (Å²) >= 11 is 0. The standard InChI is InChI=1S/C21H31N3O3S/c1-3-24(4-2)21(11-12-21)14-28(26,27)23-20(25)22-19-17-9-5-7-15(17)13-16-8-6-10-18(16)19/h13H,3-12,14H2,1-2H3,(H2,22,23,25). The molecule has 6 nitrogen and oxygen atoms in total. The van der Waals surface area contributed by atoms with Gasteiger partial charge in [0.1, 0.15) is 0 Å². The van der Waals surface area contributed by atoms with Gasteiger partial charge >= 0.3 is 6.03 Å². The highest BCUT2D eigenvalue weighted by Crippen LogP contribution is 2.42. The summed E-state index contributed by atoms with van der Waals surface area (Å²) in [5, 5.41) is 2.92. The van der Waals surface area contributed by atoms with E-state index < -0.39 is 16.1 Å². The molecule has 1 aromatic rings. The normalized spacial score (nSPS) is 19.4. The molecule has 0 unspecified atom stereocenters. The van der Waals surface area contributed by atoms with Crippen molar-refractivity contribution in [1.82, 2.24) is 9.62 Å². The van der Waals surface area contributed by atoms with Gasteiger partial charge in [-0.25, -0.2) is 17.9 Å². The highest BCUT2D eigenvalue weighted by atomic mass is 32.2. The van der Waals surface area contributed by atoms with Crippen LogP contribution in [0.4, 0.5) is 10.5 Å². The van der Waals surface area contributed by atoms with Crippen LogP contribution in [0.3, 0.4) is 0 Å². The van der Waals surface area contributed by atoms with Crippen molar-refractivity contribution in [1.29, 1.82) is 0 Å². The van der Waals surface area contributed by atoms with Crippen LogP contribution in [-0.2, 0) is 35.7 Å². The van der Waals surface area contributed by atoms with Crippen LogP contribution in [0.15, 0.2) is 6.07 Å². The molecule has 3 aliphatic carbocycles. The molecular weight excluding hydrogens is 374 g/mol. The minimum absolute atomic E-state index is 0.0138. The highest BCUT2D eigenvalue weighted by molar-refractivity contribution is 7.90. The fourth-order valence-corrected chi connectivity index (χ4v) is 6.81. The van der Waals surface area contributed by atoms with Gasteiger partial charge in [0.2, 0.25) is 10.0 Å². The Balaban J connectivity index is 1.48. The number of hydrogen-bond acceptors (Lipinski definition) is 4. The Morgan fingerprint density at radius 2 is 1.61 bits per heavy atom. The predicted octanol–water partition coefficient (Wildman–Crippen LogP) is 2.99. The van der Waals surface area contributed by atoms with Gasteiger partial charge in [-0.2, -0.15) is 0 Å². The molecule has 7 heteroatoms. The third-order valence-electron chi connectivity index (χ3n) is 6.68. The Hall–Kier alpha value is -1.60. The maximum absolute atomic E-state index is 12.7. The van der Waals surface area contributed by atoms with Crippen LogP contribution in [0.5, 0.6) is 0 Å². The van der Waals surface area contributed by atoms with Crippen LogP contribution in [-0.4, -0.2) is 43.7 Å². The highest BCUT2D eigenvalue weighted by Gasteiger charge is 2.50. The second kappa shape index (κ2) is 7.34. The first-order chi connectivity index (χ1) is 13.4. The van der Waals surface area contributed by atoms with Crippen LogP contribution >= 0.6 is 0 Å². The van der Waals surface area contributed by atoms with Crippen molar-refractivity contribution < 1.29 is 13.2 Å². The quantitative estimate of drug-likeness (QED) is 0.731. The molecule has 0 heterocycles. The predicted molar refractivity (Wildman–Crippen MR) is 111 cm³/mol. The molecule has 154 valence electrons. The summed E-state index contributed by atoms with van der Waals surface area (Å²) in [6.45, 7) is 5.74. The summed E-state index contributed by atoms with van der Waals surface area (Å²) in [6, 6.07) is 1.68. The monoisotopic (exact) mass is 405 g/mol. The number of nitrogens with zero attached hydrogens (tertiary/aromatic N) is 1. The molecule has 0 aliphatic heterocycles. The molecule has 28 heavy (non-hydrogen) atoms. The van der Waals surface area contributed by atoms with Gasteiger partial charge in [0.05, 0.1) is 5.75 Å². The third-order valence-corrected chi connectivity index (χ3v) is 8.09. The van der Waals surface area contributed by atoms with Crippen LogP contribution < -0.4 is 10.0 Å². The lowest BCUT2D eigenvalue weighted by atomic mass is 9.99. The summed E-state index contributed by atoms with van der Waals surface area (Å²) < 4.78 is 27.7. The Kier molecular flexibility index (Phi) is 5.16. The summed E-state index contributed by atoms with van der Waals surface area (Å²) in [5.41, 5.74) is 5.62. The summed E-state index contributed by atoms with van der Waals surface area (Å²) in [5.74, 6) is -0.0138. The zero-order valence-corrected chi connectivity index (χ0v) is 17.8. The first-order valence-corrected chi connectivity index (χ1v) is 12.3. The number of fused-ring (bicyclic) bond motifs is 2. The Morgan fingerprint density at radius 3 is 2.11 bits per heavy atom. The second-order valence-electron chi connectivity index (χ2n) is 8.45. The average Bonchev–Trinajstić information content (AvgIpc) is 3.06. The summed E-state index contributed by atoms with van der Waals surface area (Å²) in [4.78, 5) is 14.8. The van der Waals surface area contributed by atoms with Crippen molar-refractivity contribution in [2.45, 2.75) is 70.8 Å². The topological polar surface area (TPSA) is 78.5 Å². The molecule has 1 saturated carbocycles. The van der Waals surface area contributed by atoms with Gasteiger partial charge in [-0.05, 0) is 86.7 Å². The SMILES string of the molecule is CCN(CC)C1(CS(=O)(=O)NC(=O)Nc2c3c(cc4c2CCC4)CCC3)CC1. The zero-order valence-electron chi connectivity index (χ0n) is 16.9. The number of nitrogens with one attached hydrogen (secondary N) is 2. The number of aryl methyl sites for hydroxylation is 2. The number of carbonyl (C=O) groups is 1. The van der Waals surface area contributed by atoms with Gasteiger partial charge in [-0.1, -0.05) is 19.9 Å². The fraction of sp³-hybridized carbons (Fsp3) is 0.667. The lowest BCUT2D eigenvalue weighted by Gasteiger charge is -2.29. The van der Waals surface area contributed by atoms with Crippen molar-refractivity contribution in [3.63, 3.8) is 0 Å². The zero-order chi connectivity index (χ0) is 19.9. The van der Waals surface area contributed by atoms with E-state index in [9.17, 15) is 13.2 Å². The van der Waals surface area contributed by atoms with Crippen LogP contribution in [0.25, 0.3) is 0 Å². The van der Waals surface area contributed by atoms with E-state index in [1.54, 1.807) is 0 Å². The molecule has 1 fully saturated rings. The average molecular weight is 406 g/mol. The minimum atomic E-state index is -3.69. The van der Waals surface area contributed by atoms with E-state index in [4.69, 9.17) is 0 Å². The Bertz CT molecular complexity index is 854. The number of carbonyl (C=O) groups excluding carboxylic acids is 1. The van der Waals surface area contributed by atoms with Gasteiger partial charge in [-0.3, -0.25) is 4.90 Å². The molecule has 0 aromatic heterocycles. The minimum Gasteiger partial charge on any atom is -0.307 e. The Labute approximate surface area is 168 Å². The second-order valence-corrected chi connectivity index (χ2v) is 10.2. The number of benzene rings is 1. The molecule has 2 amide bonds. The third kappa shape index (κ3) is 3.66. The number of amides is 2. The van der Waals surface area contributed by atoms with E-state index in [2.05, 4.69) is 21.0 Å². The molecule has 1 aromatic carbocycles. The molecule has 0 atom stereocenters. The maximum atomic E-state index is 12.7. The molecule has 0 saturated heterocycles. The first kappa shape index (κ1) is 19.7. The molecule has 0 bridgehead atoms. The number of anilines is 1. The molecular formula is C21H31N3O3S. The van der Waals surface area contributed by atoms with Crippen molar-refractivity contribution in [2.75, 3.05) is 24.2 Å².